The zero-order valence-corrected chi connectivity index (χ0v) is 14.8. The molecular formula is C19H22N4O3. The van der Waals surface area contributed by atoms with Gasteiger partial charge >= 0.3 is 0 Å². The van der Waals surface area contributed by atoms with Gasteiger partial charge in [0, 0.05) is 12.0 Å². The number of hydrogen-bond donors (Lipinski definition) is 1. The maximum absolute atomic E-state index is 9.06. The van der Waals surface area contributed by atoms with Crippen LogP contribution < -0.4 is 4.74 Å². The van der Waals surface area contributed by atoms with Crippen molar-refractivity contribution in [1.82, 2.24) is 20.2 Å². The quantitative estimate of drug-likeness (QED) is 0.732. The number of rotatable bonds is 6. The molecule has 0 saturated heterocycles. The van der Waals surface area contributed by atoms with E-state index in [-0.39, 0.29) is 6.61 Å². The summed E-state index contributed by atoms with van der Waals surface area (Å²) < 4.78 is 13.0. The molecule has 0 radical (unpaired) electrons. The van der Waals surface area contributed by atoms with Crippen LogP contribution in [0.2, 0.25) is 0 Å². The normalized spacial score (nSPS) is 16.5. The number of aromatic nitrogens is 4. The van der Waals surface area contributed by atoms with Gasteiger partial charge in [0.2, 0.25) is 0 Å². The van der Waals surface area contributed by atoms with Crippen LogP contribution in [0, 0.1) is 5.92 Å². The van der Waals surface area contributed by atoms with Crippen molar-refractivity contribution >= 4 is 0 Å². The summed E-state index contributed by atoms with van der Waals surface area (Å²) in [6, 6.07) is 7.33. The van der Waals surface area contributed by atoms with Crippen LogP contribution in [0.3, 0.4) is 0 Å². The smallest absolute Gasteiger partial charge is 0.140 e. The van der Waals surface area contributed by atoms with E-state index in [0.717, 1.165) is 47.7 Å². The van der Waals surface area contributed by atoms with Gasteiger partial charge < -0.3 is 14.4 Å². The summed E-state index contributed by atoms with van der Waals surface area (Å²) in [5.74, 6) is 2.42. The summed E-state index contributed by atoms with van der Waals surface area (Å²) in [6.45, 7) is 3.19. The van der Waals surface area contributed by atoms with Gasteiger partial charge in [-0.15, -0.1) is 5.10 Å². The van der Waals surface area contributed by atoms with Crippen molar-refractivity contribution in [1.29, 1.82) is 0 Å². The standard InChI is InChI=1S/C19H22N4O3/c1-13-2-7-19-17(8-13)18(21-26-19)10-23-9-15(20-22-23)12-25-16-5-3-14(11-24)4-6-16/h3-6,9,13,24H,2,7-8,10-12H2,1H3. The summed E-state index contributed by atoms with van der Waals surface area (Å²) in [6.07, 6.45) is 5.01. The lowest BCUT2D eigenvalue weighted by molar-refractivity contribution is 0.280. The number of benzene rings is 1. The van der Waals surface area contributed by atoms with E-state index >= 15 is 0 Å². The molecule has 7 nitrogen and oxygen atoms in total. The molecule has 3 aromatic rings. The monoisotopic (exact) mass is 354 g/mol. The Kier molecular flexibility index (Phi) is 4.71. The summed E-state index contributed by atoms with van der Waals surface area (Å²) in [4.78, 5) is 0. The number of ether oxygens (including phenoxy) is 1. The summed E-state index contributed by atoms with van der Waals surface area (Å²) in [5.41, 5.74) is 3.79. The van der Waals surface area contributed by atoms with Gasteiger partial charge in [-0.05, 0) is 36.5 Å². The van der Waals surface area contributed by atoms with E-state index in [2.05, 4.69) is 22.4 Å². The highest BCUT2D eigenvalue weighted by molar-refractivity contribution is 5.27. The van der Waals surface area contributed by atoms with Crippen LogP contribution in [0.15, 0.2) is 35.0 Å². The molecular weight excluding hydrogens is 332 g/mol. The van der Waals surface area contributed by atoms with Crippen LogP contribution in [-0.2, 0) is 32.6 Å². The molecule has 2 heterocycles. The fourth-order valence-corrected chi connectivity index (χ4v) is 3.25. The molecule has 1 N–H and O–H groups in total. The highest BCUT2D eigenvalue weighted by atomic mass is 16.5. The number of aliphatic hydroxyl groups excluding tert-OH is 1. The number of nitrogens with zero attached hydrogens (tertiary/aromatic N) is 4. The molecule has 0 aliphatic heterocycles. The van der Waals surface area contributed by atoms with Gasteiger partial charge in [-0.1, -0.05) is 29.4 Å². The first-order valence-electron chi connectivity index (χ1n) is 8.89. The van der Waals surface area contributed by atoms with Gasteiger partial charge in [0.25, 0.3) is 0 Å². The molecule has 0 saturated carbocycles. The van der Waals surface area contributed by atoms with Crippen molar-refractivity contribution in [3.63, 3.8) is 0 Å². The Morgan fingerprint density at radius 1 is 1.31 bits per heavy atom. The van der Waals surface area contributed by atoms with Gasteiger partial charge in [0.15, 0.2) is 0 Å². The number of aliphatic hydroxyl groups is 1. The Bertz CT molecular complexity index is 869. The first-order chi connectivity index (χ1) is 12.7. The molecule has 4 rings (SSSR count). The molecule has 2 aromatic heterocycles. The van der Waals surface area contributed by atoms with Crippen molar-refractivity contribution in [2.75, 3.05) is 0 Å². The molecule has 1 aromatic carbocycles. The second kappa shape index (κ2) is 7.29. The molecule has 136 valence electrons. The maximum atomic E-state index is 9.06. The highest BCUT2D eigenvalue weighted by Crippen LogP contribution is 2.28. The van der Waals surface area contributed by atoms with E-state index in [1.165, 1.54) is 5.56 Å². The van der Waals surface area contributed by atoms with E-state index in [4.69, 9.17) is 14.4 Å². The Labute approximate surface area is 151 Å². The predicted molar refractivity (Wildman–Crippen MR) is 93.5 cm³/mol. The van der Waals surface area contributed by atoms with Crippen LogP contribution in [0.25, 0.3) is 0 Å². The van der Waals surface area contributed by atoms with Crippen molar-refractivity contribution in [3.8, 4) is 5.75 Å². The lowest BCUT2D eigenvalue weighted by Gasteiger charge is -2.16. The lowest BCUT2D eigenvalue weighted by atomic mass is 9.88. The van der Waals surface area contributed by atoms with Crippen LogP contribution >= 0.6 is 0 Å². The Hall–Kier alpha value is -2.67. The summed E-state index contributed by atoms with van der Waals surface area (Å²) in [7, 11) is 0. The van der Waals surface area contributed by atoms with Gasteiger partial charge in [0.05, 0.1) is 19.3 Å². The Morgan fingerprint density at radius 3 is 2.96 bits per heavy atom. The fourth-order valence-electron chi connectivity index (χ4n) is 3.25. The van der Waals surface area contributed by atoms with Crippen LogP contribution in [-0.4, -0.2) is 25.3 Å². The number of fused-ring (bicyclic) bond motifs is 1. The predicted octanol–water partition coefficient (Wildman–Crippen LogP) is 2.51. The first kappa shape index (κ1) is 16.8. The zero-order chi connectivity index (χ0) is 17.9. The molecule has 7 heteroatoms. The fraction of sp³-hybridized carbons (Fsp3) is 0.421. The lowest BCUT2D eigenvalue weighted by Crippen LogP contribution is -2.12. The van der Waals surface area contributed by atoms with Crippen LogP contribution in [0.4, 0.5) is 0 Å². The molecule has 0 bridgehead atoms. The third-order valence-electron chi connectivity index (χ3n) is 4.76. The second-order valence-electron chi connectivity index (χ2n) is 6.88. The Balaban J connectivity index is 1.38. The third kappa shape index (κ3) is 3.62. The summed E-state index contributed by atoms with van der Waals surface area (Å²) >= 11 is 0. The van der Waals surface area contributed by atoms with Crippen LogP contribution in [0.5, 0.6) is 5.75 Å². The average molecular weight is 354 g/mol. The van der Waals surface area contributed by atoms with Crippen molar-refractivity contribution in [2.45, 2.75) is 45.9 Å². The van der Waals surface area contributed by atoms with Gasteiger partial charge in [-0.3, -0.25) is 0 Å². The average Bonchev–Trinajstić information content (AvgIpc) is 3.28. The topological polar surface area (TPSA) is 86.2 Å². The Morgan fingerprint density at radius 2 is 2.15 bits per heavy atom. The van der Waals surface area contributed by atoms with Gasteiger partial charge in [-0.25, -0.2) is 4.68 Å². The van der Waals surface area contributed by atoms with Gasteiger partial charge in [0.1, 0.15) is 29.5 Å². The largest absolute Gasteiger partial charge is 0.487 e. The zero-order valence-electron chi connectivity index (χ0n) is 14.8. The minimum absolute atomic E-state index is 0.0269. The van der Waals surface area contributed by atoms with Gasteiger partial charge in [-0.2, -0.15) is 0 Å². The molecule has 0 fully saturated rings. The van der Waals surface area contributed by atoms with Crippen molar-refractivity contribution < 1.29 is 14.4 Å². The van der Waals surface area contributed by atoms with E-state index in [9.17, 15) is 0 Å². The molecule has 0 spiro atoms. The molecule has 0 amide bonds. The third-order valence-corrected chi connectivity index (χ3v) is 4.76. The number of aryl methyl sites for hydroxylation is 1. The summed E-state index contributed by atoms with van der Waals surface area (Å²) in [5, 5.41) is 21.6. The highest BCUT2D eigenvalue weighted by Gasteiger charge is 2.23. The molecule has 1 aliphatic carbocycles. The number of hydrogen-bond acceptors (Lipinski definition) is 6. The minimum atomic E-state index is 0.0269. The van der Waals surface area contributed by atoms with E-state index in [0.29, 0.717) is 19.1 Å². The second-order valence-corrected chi connectivity index (χ2v) is 6.88. The molecule has 1 atom stereocenters. The van der Waals surface area contributed by atoms with Crippen molar-refractivity contribution in [3.05, 3.63) is 58.7 Å². The maximum Gasteiger partial charge on any atom is 0.140 e. The van der Waals surface area contributed by atoms with E-state index in [1.807, 2.05) is 30.5 Å². The molecule has 26 heavy (non-hydrogen) atoms. The van der Waals surface area contributed by atoms with Crippen molar-refractivity contribution in [2.24, 2.45) is 5.92 Å². The SMILES string of the molecule is CC1CCc2onc(Cn3cc(COc4ccc(CO)cc4)nn3)c2C1. The molecule has 1 unspecified atom stereocenters. The van der Waals surface area contributed by atoms with E-state index < -0.39 is 0 Å². The molecule has 1 aliphatic rings. The van der Waals surface area contributed by atoms with Crippen LogP contribution in [0.1, 0.15) is 41.6 Å². The first-order valence-corrected chi connectivity index (χ1v) is 8.89. The minimum Gasteiger partial charge on any atom is -0.487 e. The van der Waals surface area contributed by atoms with E-state index in [1.54, 1.807) is 4.68 Å².